The molecule has 1 aliphatic heterocycles. The minimum absolute atomic E-state index is 0.0855. The van der Waals surface area contributed by atoms with E-state index in [1.807, 2.05) is 0 Å². The predicted molar refractivity (Wildman–Crippen MR) is 92.1 cm³/mol. The first-order chi connectivity index (χ1) is 10.5. The van der Waals surface area contributed by atoms with Crippen LogP contribution in [0.1, 0.15) is 50.7 Å². The monoisotopic (exact) mass is 302 g/mol. The Kier molecular flexibility index (Phi) is 6.44. The summed E-state index contributed by atoms with van der Waals surface area (Å²) in [4.78, 5) is 13.6. The van der Waals surface area contributed by atoms with Crippen molar-refractivity contribution in [3.05, 3.63) is 35.4 Å². The molecule has 1 unspecified atom stereocenters. The van der Waals surface area contributed by atoms with Crippen LogP contribution in [0.5, 0.6) is 0 Å². The van der Waals surface area contributed by atoms with Gasteiger partial charge in [-0.1, -0.05) is 38.1 Å². The fraction of sp³-hybridized carbons (Fsp3) is 0.632. The molecule has 0 saturated carbocycles. The van der Waals surface area contributed by atoms with Crippen LogP contribution in [0.2, 0.25) is 0 Å². The van der Waals surface area contributed by atoms with Crippen molar-refractivity contribution in [2.24, 2.45) is 5.92 Å². The number of nitrogens with zero attached hydrogens (tertiary/aromatic N) is 1. The molecule has 0 radical (unpaired) electrons. The van der Waals surface area contributed by atoms with E-state index in [2.05, 4.69) is 48.3 Å². The fourth-order valence-electron chi connectivity index (χ4n) is 3.17. The Hall–Kier alpha value is -1.35. The average molecular weight is 302 g/mol. The Balaban J connectivity index is 1.77. The molecule has 122 valence electrons. The normalized spacial score (nSPS) is 19.4. The number of carbonyl (C=O) groups is 1. The van der Waals surface area contributed by atoms with E-state index in [9.17, 15) is 4.79 Å². The molecular formula is C19H30N2O. The van der Waals surface area contributed by atoms with Gasteiger partial charge in [0.05, 0.1) is 0 Å². The van der Waals surface area contributed by atoms with Gasteiger partial charge < -0.3 is 10.2 Å². The van der Waals surface area contributed by atoms with E-state index in [1.54, 1.807) is 6.92 Å². The summed E-state index contributed by atoms with van der Waals surface area (Å²) < 4.78 is 0. The highest BCUT2D eigenvalue weighted by molar-refractivity contribution is 5.72. The first kappa shape index (κ1) is 17.0. The Morgan fingerprint density at radius 2 is 2.05 bits per heavy atom. The van der Waals surface area contributed by atoms with E-state index in [0.29, 0.717) is 11.8 Å². The smallest absolute Gasteiger partial charge is 0.216 e. The Labute approximate surface area is 135 Å². The molecule has 0 aromatic heterocycles. The molecule has 2 rings (SSSR count). The van der Waals surface area contributed by atoms with Crippen LogP contribution in [-0.2, 0) is 11.2 Å². The van der Waals surface area contributed by atoms with Crippen LogP contribution in [0.15, 0.2) is 24.3 Å². The zero-order chi connectivity index (χ0) is 15.9. The van der Waals surface area contributed by atoms with Crippen LogP contribution in [0, 0.1) is 5.92 Å². The number of hydrogen-bond donors (Lipinski definition) is 1. The molecule has 1 aliphatic rings. The first-order valence-corrected chi connectivity index (χ1v) is 8.60. The lowest BCUT2D eigenvalue weighted by molar-refractivity contribution is -0.119. The molecule has 0 aliphatic carbocycles. The molecule has 22 heavy (non-hydrogen) atoms. The van der Waals surface area contributed by atoms with Gasteiger partial charge in [-0.15, -0.1) is 0 Å². The third-order valence-corrected chi connectivity index (χ3v) is 4.61. The molecule has 0 spiro atoms. The van der Waals surface area contributed by atoms with Gasteiger partial charge in [-0.2, -0.15) is 0 Å². The summed E-state index contributed by atoms with van der Waals surface area (Å²) >= 11 is 0. The van der Waals surface area contributed by atoms with Gasteiger partial charge in [-0.05, 0) is 48.8 Å². The third-order valence-electron chi connectivity index (χ3n) is 4.61. The van der Waals surface area contributed by atoms with E-state index in [1.165, 1.54) is 30.5 Å². The second kappa shape index (κ2) is 8.33. The van der Waals surface area contributed by atoms with Crippen molar-refractivity contribution < 1.29 is 4.79 Å². The number of nitrogens with one attached hydrogen (secondary N) is 1. The van der Waals surface area contributed by atoms with Gasteiger partial charge in [0, 0.05) is 26.6 Å². The van der Waals surface area contributed by atoms with Gasteiger partial charge in [-0.25, -0.2) is 0 Å². The molecule has 1 N–H and O–H groups in total. The molecule has 1 amide bonds. The lowest BCUT2D eigenvalue weighted by Crippen LogP contribution is -2.41. The summed E-state index contributed by atoms with van der Waals surface area (Å²) in [6.07, 6.45) is 3.60. The summed E-state index contributed by atoms with van der Waals surface area (Å²) in [5, 5.41) is 2.96. The van der Waals surface area contributed by atoms with Crippen LogP contribution in [0.4, 0.5) is 0 Å². The van der Waals surface area contributed by atoms with E-state index >= 15 is 0 Å². The van der Waals surface area contributed by atoms with Crippen molar-refractivity contribution in [2.75, 3.05) is 26.2 Å². The van der Waals surface area contributed by atoms with Gasteiger partial charge in [0.15, 0.2) is 0 Å². The summed E-state index contributed by atoms with van der Waals surface area (Å²) in [6, 6.07) is 9.06. The summed E-state index contributed by atoms with van der Waals surface area (Å²) in [6.45, 7) is 10.3. The van der Waals surface area contributed by atoms with Gasteiger partial charge in [-0.3, -0.25) is 4.79 Å². The maximum Gasteiger partial charge on any atom is 0.216 e. The second-order valence-electron chi connectivity index (χ2n) is 6.89. The van der Waals surface area contributed by atoms with Crippen molar-refractivity contribution in [3.8, 4) is 0 Å². The highest BCUT2D eigenvalue weighted by Gasteiger charge is 2.19. The number of rotatable bonds is 6. The first-order valence-electron chi connectivity index (χ1n) is 8.60. The lowest BCUT2D eigenvalue weighted by Gasteiger charge is -2.32. The third kappa shape index (κ3) is 5.45. The van der Waals surface area contributed by atoms with Crippen LogP contribution < -0.4 is 5.32 Å². The van der Waals surface area contributed by atoms with E-state index < -0.39 is 0 Å². The number of hydrogen-bond acceptors (Lipinski definition) is 2. The standard InChI is InChI=1S/C19H30N2O/c1-15(2)19-8-6-17(7-9-19)10-12-21-11-4-5-18(14-21)13-20-16(3)22/h6-9,15,18H,4-5,10-14H2,1-3H3,(H,20,22). The molecule has 1 heterocycles. The SMILES string of the molecule is CC(=O)NCC1CCCN(CCc2ccc(C(C)C)cc2)C1. The Morgan fingerprint density at radius 3 is 2.68 bits per heavy atom. The molecule has 3 nitrogen and oxygen atoms in total. The highest BCUT2D eigenvalue weighted by atomic mass is 16.1. The number of benzene rings is 1. The number of carbonyl (C=O) groups excluding carboxylic acids is 1. The fourth-order valence-corrected chi connectivity index (χ4v) is 3.17. The van der Waals surface area contributed by atoms with Crippen LogP contribution in [-0.4, -0.2) is 37.0 Å². The quantitative estimate of drug-likeness (QED) is 0.875. The number of likely N-dealkylation sites (tertiary alicyclic amines) is 1. The van der Waals surface area contributed by atoms with Gasteiger partial charge in [0.1, 0.15) is 0 Å². The van der Waals surface area contributed by atoms with E-state index in [0.717, 1.165) is 26.1 Å². The Morgan fingerprint density at radius 1 is 1.32 bits per heavy atom. The molecule has 3 heteroatoms. The zero-order valence-corrected chi connectivity index (χ0v) is 14.3. The molecular weight excluding hydrogens is 272 g/mol. The number of amides is 1. The summed E-state index contributed by atoms with van der Waals surface area (Å²) in [5.41, 5.74) is 2.84. The molecule has 1 fully saturated rings. The van der Waals surface area contributed by atoms with E-state index in [-0.39, 0.29) is 5.91 Å². The van der Waals surface area contributed by atoms with Crippen molar-refractivity contribution in [1.29, 1.82) is 0 Å². The van der Waals surface area contributed by atoms with Crippen LogP contribution in [0.3, 0.4) is 0 Å². The predicted octanol–water partition coefficient (Wildman–Crippen LogP) is 3.20. The minimum atomic E-state index is 0.0855. The molecule has 0 bridgehead atoms. The Bertz CT molecular complexity index is 467. The van der Waals surface area contributed by atoms with Crippen molar-refractivity contribution in [1.82, 2.24) is 10.2 Å². The average Bonchev–Trinajstić information content (AvgIpc) is 2.52. The van der Waals surface area contributed by atoms with Crippen molar-refractivity contribution in [3.63, 3.8) is 0 Å². The van der Waals surface area contributed by atoms with Crippen molar-refractivity contribution >= 4 is 5.91 Å². The largest absolute Gasteiger partial charge is 0.356 e. The maximum absolute atomic E-state index is 11.0. The molecule has 1 aromatic rings. The van der Waals surface area contributed by atoms with Crippen LogP contribution >= 0.6 is 0 Å². The minimum Gasteiger partial charge on any atom is -0.356 e. The molecule has 1 atom stereocenters. The van der Waals surface area contributed by atoms with Gasteiger partial charge in [0.2, 0.25) is 5.91 Å². The molecule has 1 saturated heterocycles. The lowest BCUT2D eigenvalue weighted by atomic mass is 9.97. The van der Waals surface area contributed by atoms with Crippen LogP contribution in [0.25, 0.3) is 0 Å². The highest BCUT2D eigenvalue weighted by Crippen LogP contribution is 2.18. The zero-order valence-electron chi connectivity index (χ0n) is 14.3. The number of piperidine rings is 1. The van der Waals surface area contributed by atoms with Gasteiger partial charge in [0.25, 0.3) is 0 Å². The summed E-state index contributed by atoms with van der Waals surface area (Å²) in [7, 11) is 0. The summed E-state index contributed by atoms with van der Waals surface area (Å²) in [5.74, 6) is 1.30. The van der Waals surface area contributed by atoms with Crippen molar-refractivity contribution in [2.45, 2.75) is 46.0 Å². The van der Waals surface area contributed by atoms with E-state index in [4.69, 9.17) is 0 Å². The van der Waals surface area contributed by atoms with Gasteiger partial charge >= 0.3 is 0 Å². The second-order valence-corrected chi connectivity index (χ2v) is 6.89. The topological polar surface area (TPSA) is 32.3 Å². The molecule has 1 aromatic carbocycles. The maximum atomic E-state index is 11.0.